The molecule has 0 saturated carbocycles. The number of amides is 2. The second-order valence-corrected chi connectivity index (χ2v) is 6.32. The van der Waals surface area contributed by atoms with Gasteiger partial charge in [-0.05, 0) is 43.5 Å². The van der Waals surface area contributed by atoms with Crippen LogP contribution in [0.15, 0.2) is 24.3 Å². The van der Waals surface area contributed by atoms with Gasteiger partial charge < -0.3 is 14.9 Å². The number of benzene rings is 1. The number of halogens is 1. The molecule has 22 heavy (non-hydrogen) atoms. The van der Waals surface area contributed by atoms with Crippen LogP contribution in [0.5, 0.6) is 0 Å². The molecule has 2 saturated heterocycles. The van der Waals surface area contributed by atoms with Gasteiger partial charge in [0.1, 0.15) is 5.92 Å². The number of anilines is 1. The van der Waals surface area contributed by atoms with Gasteiger partial charge in [0.15, 0.2) is 0 Å². The van der Waals surface area contributed by atoms with Gasteiger partial charge in [0, 0.05) is 30.3 Å². The van der Waals surface area contributed by atoms with Gasteiger partial charge in [0.05, 0.1) is 6.10 Å². The predicted molar refractivity (Wildman–Crippen MR) is 83.7 cm³/mol. The molecule has 2 aliphatic rings. The molecule has 2 atom stereocenters. The highest BCUT2D eigenvalue weighted by Crippen LogP contribution is 2.28. The zero-order valence-electron chi connectivity index (χ0n) is 12.2. The number of hydrogen-bond donors (Lipinski definition) is 1. The van der Waals surface area contributed by atoms with Crippen molar-refractivity contribution < 1.29 is 14.7 Å². The summed E-state index contributed by atoms with van der Waals surface area (Å²) in [5, 5.41) is 10.3. The third kappa shape index (κ3) is 2.96. The zero-order chi connectivity index (χ0) is 15.7. The number of aliphatic hydroxyl groups is 1. The average molecular weight is 323 g/mol. The summed E-state index contributed by atoms with van der Waals surface area (Å²) >= 11 is 5.86. The first-order valence-electron chi connectivity index (χ1n) is 7.60. The largest absolute Gasteiger partial charge is 0.391 e. The fourth-order valence-electron chi connectivity index (χ4n) is 3.16. The maximum atomic E-state index is 12.5. The van der Waals surface area contributed by atoms with E-state index in [4.69, 9.17) is 11.6 Å². The Morgan fingerprint density at radius 3 is 2.59 bits per heavy atom. The van der Waals surface area contributed by atoms with Crippen molar-refractivity contribution in [2.75, 3.05) is 24.5 Å². The predicted octanol–water partition coefficient (Wildman–Crippen LogP) is 1.68. The Balaban J connectivity index is 1.70. The van der Waals surface area contributed by atoms with Gasteiger partial charge in [-0.3, -0.25) is 9.59 Å². The summed E-state index contributed by atoms with van der Waals surface area (Å²) in [7, 11) is 0. The normalized spacial score (nSPS) is 25.6. The average Bonchev–Trinajstić information content (AvgIpc) is 2.89. The molecule has 5 nitrogen and oxygen atoms in total. The summed E-state index contributed by atoms with van der Waals surface area (Å²) < 4.78 is 0. The van der Waals surface area contributed by atoms with Gasteiger partial charge in [0.25, 0.3) is 0 Å². The summed E-state index contributed by atoms with van der Waals surface area (Å²) in [5.41, 5.74) is 0.767. The molecule has 3 rings (SSSR count). The van der Waals surface area contributed by atoms with Crippen LogP contribution < -0.4 is 4.90 Å². The Labute approximate surface area is 134 Å². The molecule has 0 aliphatic carbocycles. The van der Waals surface area contributed by atoms with Crippen molar-refractivity contribution in [1.82, 2.24) is 4.90 Å². The third-order valence-corrected chi connectivity index (χ3v) is 4.60. The molecule has 0 radical (unpaired) electrons. The maximum Gasteiger partial charge on any atom is 0.239 e. The molecular formula is C16H19ClN2O3. The number of aliphatic hydroxyl groups excluding tert-OH is 1. The smallest absolute Gasteiger partial charge is 0.239 e. The first-order chi connectivity index (χ1) is 10.6. The van der Waals surface area contributed by atoms with Gasteiger partial charge in [0.2, 0.25) is 11.8 Å². The number of likely N-dealkylation sites (tertiary alicyclic amines) is 1. The van der Waals surface area contributed by atoms with Crippen LogP contribution in [0.1, 0.15) is 19.3 Å². The minimum Gasteiger partial charge on any atom is -0.391 e. The van der Waals surface area contributed by atoms with E-state index in [2.05, 4.69) is 0 Å². The van der Waals surface area contributed by atoms with Crippen LogP contribution in [0, 0.1) is 5.92 Å². The Bertz CT molecular complexity index is 575. The number of carbonyl (C=O) groups is 2. The highest BCUT2D eigenvalue weighted by Gasteiger charge is 2.40. The number of carbonyl (C=O) groups excluding carboxylic acids is 2. The summed E-state index contributed by atoms with van der Waals surface area (Å²) in [4.78, 5) is 28.3. The molecule has 6 heteroatoms. The monoisotopic (exact) mass is 322 g/mol. The first-order valence-corrected chi connectivity index (χ1v) is 7.98. The number of nitrogens with zero attached hydrogens (tertiary/aromatic N) is 2. The van der Waals surface area contributed by atoms with Crippen molar-refractivity contribution in [3.8, 4) is 0 Å². The number of β-amino-alcohol motifs (C(OH)–C–C–N with tert-alkyl or cyclic N) is 1. The molecule has 2 heterocycles. The van der Waals surface area contributed by atoms with E-state index >= 15 is 0 Å². The van der Waals surface area contributed by atoms with Crippen LogP contribution in [0.4, 0.5) is 5.69 Å². The van der Waals surface area contributed by atoms with Crippen LogP contribution in [-0.4, -0.2) is 47.6 Å². The van der Waals surface area contributed by atoms with Crippen molar-refractivity contribution in [2.45, 2.75) is 25.4 Å². The van der Waals surface area contributed by atoms with E-state index in [0.29, 0.717) is 31.1 Å². The van der Waals surface area contributed by atoms with Gasteiger partial charge in [-0.2, -0.15) is 0 Å². The second kappa shape index (κ2) is 6.26. The van der Waals surface area contributed by atoms with E-state index in [1.54, 1.807) is 34.1 Å². The highest BCUT2D eigenvalue weighted by molar-refractivity contribution is 6.30. The molecule has 2 aliphatic heterocycles. The van der Waals surface area contributed by atoms with Gasteiger partial charge in [-0.25, -0.2) is 0 Å². The quantitative estimate of drug-likeness (QED) is 0.843. The molecule has 1 aromatic rings. The van der Waals surface area contributed by atoms with Crippen LogP contribution >= 0.6 is 11.6 Å². The SMILES string of the molecule is O=C(C1CCN(c2ccc(Cl)cc2)C1=O)N1CCCC(O)C1. The minimum absolute atomic E-state index is 0.153. The van der Waals surface area contributed by atoms with E-state index in [1.165, 1.54) is 0 Å². The topological polar surface area (TPSA) is 60.9 Å². The summed E-state index contributed by atoms with van der Waals surface area (Å²) in [6.07, 6.45) is 1.56. The molecule has 2 unspecified atom stereocenters. The molecule has 2 fully saturated rings. The maximum absolute atomic E-state index is 12.5. The lowest BCUT2D eigenvalue weighted by Gasteiger charge is -2.31. The van der Waals surface area contributed by atoms with Crippen molar-refractivity contribution in [1.29, 1.82) is 0 Å². The fraction of sp³-hybridized carbons (Fsp3) is 0.500. The van der Waals surface area contributed by atoms with Crippen molar-refractivity contribution in [3.63, 3.8) is 0 Å². The molecule has 1 N–H and O–H groups in total. The van der Waals surface area contributed by atoms with E-state index in [1.807, 2.05) is 0 Å². The van der Waals surface area contributed by atoms with Crippen LogP contribution in [0.2, 0.25) is 5.02 Å². The van der Waals surface area contributed by atoms with Crippen molar-refractivity contribution >= 4 is 29.1 Å². The third-order valence-electron chi connectivity index (χ3n) is 4.35. The fourth-order valence-corrected chi connectivity index (χ4v) is 3.29. The summed E-state index contributed by atoms with van der Waals surface area (Å²) in [6, 6.07) is 7.05. The number of piperidine rings is 1. The first kappa shape index (κ1) is 15.3. The summed E-state index contributed by atoms with van der Waals surface area (Å²) in [5.74, 6) is -0.937. The van der Waals surface area contributed by atoms with E-state index in [0.717, 1.165) is 18.5 Å². The highest BCUT2D eigenvalue weighted by atomic mass is 35.5. The van der Waals surface area contributed by atoms with Gasteiger partial charge >= 0.3 is 0 Å². The Hall–Kier alpha value is -1.59. The Morgan fingerprint density at radius 1 is 1.18 bits per heavy atom. The van der Waals surface area contributed by atoms with Crippen molar-refractivity contribution in [2.24, 2.45) is 5.92 Å². The molecule has 0 bridgehead atoms. The van der Waals surface area contributed by atoms with Crippen LogP contribution in [0.25, 0.3) is 0 Å². The number of rotatable bonds is 2. The zero-order valence-corrected chi connectivity index (χ0v) is 13.0. The molecule has 118 valence electrons. The summed E-state index contributed by atoms with van der Waals surface area (Å²) in [6.45, 7) is 1.50. The van der Waals surface area contributed by atoms with E-state index in [-0.39, 0.29) is 11.8 Å². The number of hydrogen-bond acceptors (Lipinski definition) is 3. The Morgan fingerprint density at radius 2 is 1.91 bits per heavy atom. The lowest BCUT2D eigenvalue weighted by Crippen LogP contribution is -2.46. The van der Waals surface area contributed by atoms with Gasteiger partial charge in [-0.1, -0.05) is 11.6 Å². The molecule has 0 aromatic heterocycles. The minimum atomic E-state index is -0.624. The lowest BCUT2D eigenvalue weighted by atomic mass is 10.0. The van der Waals surface area contributed by atoms with Gasteiger partial charge in [-0.15, -0.1) is 0 Å². The molecular weight excluding hydrogens is 304 g/mol. The Kier molecular flexibility index (Phi) is 4.36. The van der Waals surface area contributed by atoms with Crippen LogP contribution in [-0.2, 0) is 9.59 Å². The van der Waals surface area contributed by atoms with E-state index < -0.39 is 12.0 Å². The van der Waals surface area contributed by atoms with Crippen LogP contribution in [0.3, 0.4) is 0 Å². The molecule has 2 amide bonds. The second-order valence-electron chi connectivity index (χ2n) is 5.89. The lowest BCUT2D eigenvalue weighted by molar-refractivity contribution is -0.142. The van der Waals surface area contributed by atoms with Crippen molar-refractivity contribution in [3.05, 3.63) is 29.3 Å². The molecule has 1 aromatic carbocycles. The standard InChI is InChI=1S/C16H19ClN2O3/c17-11-3-5-12(6-4-11)19-9-7-14(16(19)22)15(21)18-8-1-2-13(20)10-18/h3-6,13-14,20H,1-2,7-10H2. The van der Waals surface area contributed by atoms with E-state index in [9.17, 15) is 14.7 Å². The molecule has 0 spiro atoms.